The molecule has 1 saturated heterocycles. The Balaban J connectivity index is 1.88. The summed E-state index contributed by atoms with van der Waals surface area (Å²) in [5, 5.41) is 2.51. The van der Waals surface area contributed by atoms with Gasteiger partial charge >= 0.3 is 0 Å². The third-order valence-corrected chi connectivity index (χ3v) is 4.13. The number of hydrogen-bond acceptors (Lipinski definition) is 5. The summed E-state index contributed by atoms with van der Waals surface area (Å²) in [6, 6.07) is 0. The number of carbonyl (C=O) groups is 2. The topological polar surface area (TPSA) is 105 Å². The predicted octanol–water partition coefficient (Wildman–Crippen LogP) is -2.16. The molecule has 5 N–H and O–H groups in total. The lowest BCUT2D eigenvalue weighted by atomic mass is 9.90. The van der Waals surface area contributed by atoms with Crippen molar-refractivity contribution in [2.45, 2.75) is 5.54 Å². The number of likely N-dealkylation sites (N-methyl/N-ethyl adjacent to an activating group) is 1. The number of hydrogen-bond donors (Lipinski definition) is 4. The minimum absolute atomic E-state index is 0.110. The van der Waals surface area contributed by atoms with Gasteiger partial charge in [-0.05, 0) is 17.9 Å². The highest BCUT2D eigenvalue weighted by atomic mass is 16.5. The van der Waals surface area contributed by atoms with Crippen LogP contribution in [0.1, 0.15) is 0 Å². The van der Waals surface area contributed by atoms with E-state index >= 15 is 0 Å². The van der Waals surface area contributed by atoms with Crippen molar-refractivity contribution in [2.24, 2.45) is 23.5 Å². The summed E-state index contributed by atoms with van der Waals surface area (Å²) in [5.41, 5.74) is 10.5. The molecule has 2 aliphatic heterocycles. The molecule has 98 valence electrons. The molecule has 1 aliphatic carbocycles. The Kier molecular flexibility index (Phi) is 2.36. The number of primary amides is 1. The second-order valence-corrected chi connectivity index (χ2v) is 5.01. The summed E-state index contributed by atoms with van der Waals surface area (Å²) in [6.07, 6.45) is 1.61. The van der Waals surface area contributed by atoms with Crippen molar-refractivity contribution < 1.29 is 14.3 Å². The van der Waals surface area contributed by atoms with Gasteiger partial charge in [-0.15, -0.1) is 0 Å². The molecule has 0 aromatic carbocycles. The molecule has 7 heteroatoms. The van der Waals surface area contributed by atoms with Gasteiger partial charge in [-0.25, -0.2) is 5.43 Å². The molecule has 0 bridgehead atoms. The molecule has 7 nitrogen and oxygen atoms in total. The lowest BCUT2D eigenvalue weighted by molar-refractivity contribution is -0.124. The first kappa shape index (κ1) is 11.5. The summed E-state index contributed by atoms with van der Waals surface area (Å²) in [6.45, 7) is 1.32. The Morgan fingerprint density at radius 2 is 2.17 bits per heavy atom. The van der Waals surface area contributed by atoms with E-state index in [2.05, 4.69) is 16.2 Å². The number of carbonyl (C=O) groups excluding carboxylic acids is 2. The van der Waals surface area contributed by atoms with Crippen molar-refractivity contribution in [1.82, 2.24) is 16.2 Å². The maximum absolute atomic E-state index is 11.8. The Labute approximate surface area is 104 Å². The van der Waals surface area contributed by atoms with Gasteiger partial charge in [0.05, 0.1) is 13.2 Å². The molecule has 2 fully saturated rings. The second-order valence-electron chi connectivity index (χ2n) is 5.01. The van der Waals surface area contributed by atoms with Crippen molar-refractivity contribution in [2.75, 3.05) is 20.3 Å². The van der Waals surface area contributed by atoms with E-state index in [0.29, 0.717) is 30.7 Å². The smallest absolute Gasteiger partial charge is 0.268 e. The van der Waals surface area contributed by atoms with Gasteiger partial charge in [0.15, 0.2) is 0 Å². The van der Waals surface area contributed by atoms with Crippen LogP contribution in [0.4, 0.5) is 0 Å². The molecule has 2 heterocycles. The highest BCUT2D eigenvalue weighted by Gasteiger charge is 2.66. The predicted molar refractivity (Wildman–Crippen MR) is 61.6 cm³/mol. The maximum Gasteiger partial charge on any atom is 0.268 e. The Morgan fingerprint density at radius 1 is 1.50 bits per heavy atom. The molecular formula is C11H16N4O3. The molecule has 2 unspecified atom stereocenters. The second kappa shape index (κ2) is 3.69. The SMILES string of the molecule is CNC(=O)C1=CC(C(N)=O)(C2[C@H]3COC[C@@H]23)NN1. The molecule has 0 radical (unpaired) electrons. The number of fused-ring (bicyclic) bond motifs is 1. The first-order valence-electron chi connectivity index (χ1n) is 5.96. The van der Waals surface area contributed by atoms with Crippen molar-refractivity contribution in [3.05, 3.63) is 11.8 Å². The minimum Gasteiger partial charge on any atom is -0.381 e. The van der Waals surface area contributed by atoms with Crippen LogP contribution in [0.3, 0.4) is 0 Å². The largest absolute Gasteiger partial charge is 0.381 e. The van der Waals surface area contributed by atoms with Gasteiger partial charge in [0.2, 0.25) is 5.91 Å². The molecule has 18 heavy (non-hydrogen) atoms. The van der Waals surface area contributed by atoms with E-state index in [4.69, 9.17) is 10.5 Å². The van der Waals surface area contributed by atoms with Crippen LogP contribution in [0.2, 0.25) is 0 Å². The van der Waals surface area contributed by atoms with Gasteiger partial charge in [0.1, 0.15) is 11.2 Å². The van der Waals surface area contributed by atoms with Crippen LogP contribution in [0.15, 0.2) is 11.8 Å². The summed E-state index contributed by atoms with van der Waals surface area (Å²) in [7, 11) is 1.54. The van der Waals surface area contributed by atoms with Crippen LogP contribution in [-0.4, -0.2) is 37.6 Å². The quantitative estimate of drug-likeness (QED) is 0.458. The van der Waals surface area contributed by atoms with E-state index in [1.165, 1.54) is 7.05 Å². The Hall–Kier alpha value is -1.60. The molecule has 0 aromatic heterocycles. The number of ether oxygens (including phenoxy) is 1. The standard InChI is InChI=1S/C11H16N4O3/c1-13-9(16)7-2-11(10(12)17,15-14-7)8-5-3-18-4-6(5)8/h2,5-6,8,14-15H,3-4H2,1H3,(H2,12,17)(H,13,16)/t5-,6+,8?,11?. The van der Waals surface area contributed by atoms with E-state index in [1.807, 2.05) is 0 Å². The highest BCUT2D eigenvalue weighted by Crippen LogP contribution is 2.57. The van der Waals surface area contributed by atoms with Crippen molar-refractivity contribution >= 4 is 11.8 Å². The van der Waals surface area contributed by atoms with E-state index in [1.54, 1.807) is 6.08 Å². The Bertz CT molecular complexity index is 440. The lowest BCUT2D eigenvalue weighted by Gasteiger charge is -2.25. The fraction of sp³-hybridized carbons (Fsp3) is 0.636. The molecule has 2 amide bonds. The molecular weight excluding hydrogens is 236 g/mol. The molecule has 3 aliphatic rings. The highest BCUT2D eigenvalue weighted by molar-refractivity contribution is 5.97. The first-order valence-corrected chi connectivity index (χ1v) is 5.96. The van der Waals surface area contributed by atoms with Crippen molar-refractivity contribution in [1.29, 1.82) is 0 Å². The summed E-state index contributed by atoms with van der Waals surface area (Å²) >= 11 is 0. The van der Waals surface area contributed by atoms with Gasteiger partial charge in [0.25, 0.3) is 5.91 Å². The molecule has 3 rings (SSSR count). The van der Waals surface area contributed by atoms with E-state index < -0.39 is 11.4 Å². The zero-order valence-electron chi connectivity index (χ0n) is 10.0. The summed E-state index contributed by atoms with van der Waals surface area (Å²) in [5.74, 6) is 0.0820. The average Bonchev–Trinajstić information content (AvgIpc) is 2.79. The fourth-order valence-electron chi connectivity index (χ4n) is 3.12. The minimum atomic E-state index is -0.971. The molecule has 0 spiro atoms. The van der Waals surface area contributed by atoms with Crippen molar-refractivity contribution in [3.63, 3.8) is 0 Å². The third-order valence-electron chi connectivity index (χ3n) is 4.13. The van der Waals surface area contributed by atoms with E-state index in [0.717, 1.165) is 0 Å². The van der Waals surface area contributed by atoms with Crippen LogP contribution in [0.5, 0.6) is 0 Å². The van der Waals surface area contributed by atoms with Crippen LogP contribution >= 0.6 is 0 Å². The van der Waals surface area contributed by atoms with Crippen LogP contribution < -0.4 is 21.9 Å². The fourth-order valence-corrected chi connectivity index (χ4v) is 3.12. The van der Waals surface area contributed by atoms with Crippen LogP contribution in [0.25, 0.3) is 0 Å². The summed E-state index contributed by atoms with van der Waals surface area (Å²) < 4.78 is 5.32. The van der Waals surface area contributed by atoms with E-state index in [9.17, 15) is 9.59 Å². The number of hydrazine groups is 1. The number of amides is 2. The number of nitrogens with two attached hydrogens (primary N) is 1. The van der Waals surface area contributed by atoms with Gasteiger partial charge in [-0.2, -0.15) is 0 Å². The van der Waals surface area contributed by atoms with Gasteiger partial charge in [-0.3, -0.25) is 9.59 Å². The average molecular weight is 252 g/mol. The molecule has 0 aromatic rings. The van der Waals surface area contributed by atoms with Crippen molar-refractivity contribution in [3.8, 4) is 0 Å². The third kappa shape index (κ3) is 1.37. The number of rotatable bonds is 3. The van der Waals surface area contributed by atoms with Crippen LogP contribution in [-0.2, 0) is 14.3 Å². The zero-order valence-corrected chi connectivity index (χ0v) is 10.0. The van der Waals surface area contributed by atoms with Gasteiger partial charge in [-0.1, -0.05) is 0 Å². The van der Waals surface area contributed by atoms with E-state index in [-0.39, 0.29) is 11.8 Å². The monoisotopic (exact) mass is 252 g/mol. The molecule has 1 saturated carbocycles. The van der Waals surface area contributed by atoms with Gasteiger partial charge in [0, 0.05) is 13.0 Å². The summed E-state index contributed by atoms with van der Waals surface area (Å²) in [4.78, 5) is 23.4. The molecule has 4 atom stereocenters. The maximum atomic E-state index is 11.8. The zero-order chi connectivity index (χ0) is 12.9. The Morgan fingerprint density at radius 3 is 2.72 bits per heavy atom. The van der Waals surface area contributed by atoms with Gasteiger partial charge < -0.3 is 21.2 Å². The number of nitrogens with one attached hydrogen (secondary N) is 3. The normalized spacial score (nSPS) is 40.7. The lowest BCUT2D eigenvalue weighted by Crippen LogP contribution is -2.57. The van der Waals surface area contributed by atoms with Crippen LogP contribution in [0, 0.1) is 17.8 Å². The first-order chi connectivity index (χ1) is 8.60.